The highest BCUT2D eigenvalue weighted by Crippen LogP contribution is 2.27. The van der Waals surface area contributed by atoms with E-state index in [1.165, 1.54) is 48.2 Å². The van der Waals surface area contributed by atoms with Gasteiger partial charge in [-0.05, 0) is 53.9 Å². The highest BCUT2D eigenvalue weighted by atomic mass is 32.2. The lowest BCUT2D eigenvalue weighted by Gasteiger charge is -2.18. The van der Waals surface area contributed by atoms with Crippen LogP contribution in [0.15, 0.2) is 101 Å². The Morgan fingerprint density at radius 2 is 1.62 bits per heavy atom. The van der Waals surface area contributed by atoms with Crippen LogP contribution in [0.4, 0.5) is 22.0 Å². The Morgan fingerprint density at radius 3 is 2.32 bits per heavy atom. The zero-order valence-corrected chi connectivity index (χ0v) is 25.7. The Morgan fingerprint density at radius 1 is 0.872 bits per heavy atom. The van der Waals surface area contributed by atoms with E-state index in [0.29, 0.717) is 11.6 Å². The van der Waals surface area contributed by atoms with Gasteiger partial charge in [-0.1, -0.05) is 36.4 Å². The Kier molecular flexibility index (Phi) is 10.8. The van der Waals surface area contributed by atoms with Crippen LogP contribution in [-0.2, 0) is 17.3 Å². The molecule has 0 N–H and O–H groups in total. The molecule has 2 atom stereocenters. The smallest absolute Gasteiger partial charge is 0.280 e. The molecule has 5 rings (SSSR count). The normalized spacial score (nSPS) is 12.6. The Bertz CT molecular complexity index is 1940. The fourth-order valence-corrected chi connectivity index (χ4v) is 5.90. The molecule has 244 valence electrons. The van der Waals surface area contributed by atoms with E-state index in [1.54, 1.807) is 18.2 Å². The van der Waals surface area contributed by atoms with Crippen molar-refractivity contribution < 1.29 is 35.6 Å². The first-order valence-corrected chi connectivity index (χ1v) is 15.6. The largest absolute Gasteiger partial charge is 0.494 e. The van der Waals surface area contributed by atoms with Gasteiger partial charge in [0, 0.05) is 35.6 Å². The van der Waals surface area contributed by atoms with Crippen LogP contribution in [-0.4, -0.2) is 38.2 Å². The minimum atomic E-state index is -3.00. The zero-order chi connectivity index (χ0) is 33.5. The number of pyridine rings is 1. The maximum atomic E-state index is 14.2. The van der Waals surface area contributed by atoms with Gasteiger partial charge in [0.25, 0.3) is 12.0 Å². The molecule has 47 heavy (non-hydrogen) atoms. The van der Waals surface area contributed by atoms with Gasteiger partial charge in [-0.2, -0.15) is 0 Å². The number of ether oxygens (including phenoxy) is 2. The quantitative estimate of drug-likeness (QED) is 0.0985. The van der Waals surface area contributed by atoms with Gasteiger partial charge < -0.3 is 14.0 Å². The number of hydrogen-bond donors (Lipinski definition) is 0. The summed E-state index contributed by atoms with van der Waals surface area (Å²) >= 11 is 0. The fraction of sp³-hybridized carbons (Fsp3) is 0.206. The molecule has 13 heteroatoms. The van der Waals surface area contributed by atoms with Crippen molar-refractivity contribution in [2.75, 3.05) is 19.5 Å². The summed E-state index contributed by atoms with van der Waals surface area (Å²) in [5.74, 6) is -2.78. The molecule has 0 saturated carbocycles. The molecular weight excluding hydrogens is 641 g/mol. The number of alkyl halides is 2. The minimum absolute atomic E-state index is 0.0167. The highest BCUT2D eigenvalue weighted by molar-refractivity contribution is 7.84. The molecule has 0 aliphatic carbocycles. The summed E-state index contributed by atoms with van der Waals surface area (Å²) < 4.78 is 94.9. The second-order valence-corrected chi connectivity index (χ2v) is 11.9. The lowest BCUT2D eigenvalue weighted by atomic mass is 9.97. The van der Waals surface area contributed by atoms with E-state index in [4.69, 9.17) is 9.47 Å². The van der Waals surface area contributed by atoms with Crippen molar-refractivity contribution in [3.8, 4) is 22.8 Å². The maximum Gasteiger partial charge on any atom is 0.280 e. The van der Waals surface area contributed by atoms with Crippen molar-refractivity contribution in [1.29, 1.82) is 0 Å². The molecule has 3 aromatic carbocycles. The van der Waals surface area contributed by atoms with E-state index in [2.05, 4.69) is 9.97 Å². The molecule has 7 nitrogen and oxygen atoms in total. The molecule has 0 aliphatic rings. The fourth-order valence-electron chi connectivity index (χ4n) is 4.81. The molecule has 0 spiro atoms. The van der Waals surface area contributed by atoms with Crippen molar-refractivity contribution in [2.24, 2.45) is 0 Å². The molecule has 0 saturated heterocycles. The molecular formula is C34H28F5N3O4S. The third-order valence-corrected chi connectivity index (χ3v) is 8.45. The summed E-state index contributed by atoms with van der Waals surface area (Å²) in [7, 11) is -0.618. The number of methoxy groups -OCH3 is 1. The van der Waals surface area contributed by atoms with Crippen molar-refractivity contribution in [2.45, 2.75) is 30.5 Å². The van der Waals surface area contributed by atoms with Gasteiger partial charge in [-0.15, -0.1) is 0 Å². The van der Waals surface area contributed by atoms with Crippen LogP contribution >= 0.6 is 0 Å². The van der Waals surface area contributed by atoms with Gasteiger partial charge >= 0.3 is 0 Å². The Balaban J connectivity index is 1.38. The molecule has 0 aliphatic heterocycles. The van der Waals surface area contributed by atoms with E-state index in [9.17, 15) is 31.0 Å². The molecule has 2 unspecified atom stereocenters. The van der Waals surface area contributed by atoms with Crippen molar-refractivity contribution in [3.63, 3.8) is 0 Å². The monoisotopic (exact) mass is 669 g/mol. The van der Waals surface area contributed by atoms with E-state index in [1.807, 2.05) is 18.2 Å². The second-order valence-electron chi connectivity index (χ2n) is 10.4. The predicted octanol–water partition coefficient (Wildman–Crippen LogP) is 7.08. The Labute approximate surface area is 269 Å². The number of nitrogens with zero attached hydrogens (tertiary/aromatic N) is 3. The zero-order valence-electron chi connectivity index (χ0n) is 24.9. The third-order valence-electron chi connectivity index (χ3n) is 7.26. The molecule has 2 heterocycles. The van der Waals surface area contributed by atoms with Crippen LogP contribution < -0.4 is 15.0 Å². The summed E-state index contributed by atoms with van der Waals surface area (Å²) in [6.45, 7) is -0.0590. The first-order valence-electron chi connectivity index (χ1n) is 14.3. The first-order chi connectivity index (χ1) is 22.6. The number of halogens is 5. The lowest BCUT2D eigenvalue weighted by molar-refractivity contribution is 0.145. The predicted molar refractivity (Wildman–Crippen MR) is 166 cm³/mol. The van der Waals surface area contributed by atoms with E-state index in [0.717, 1.165) is 17.7 Å². The van der Waals surface area contributed by atoms with Crippen LogP contribution in [0.3, 0.4) is 0 Å². The van der Waals surface area contributed by atoms with E-state index < -0.39 is 51.8 Å². The van der Waals surface area contributed by atoms with Crippen molar-refractivity contribution in [1.82, 2.24) is 14.5 Å². The van der Waals surface area contributed by atoms with Crippen molar-refractivity contribution in [3.05, 3.63) is 136 Å². The second kappa shape index (κ2) is 15.1. The summed E-state index contributed by atoms with van der Waals surface area (Å²) in [5, 5.41) is -0.329. The van der Waals surface area contributed by atoms with Crippen LogP contribution in [0.1, 0.15) is 35.6 Å². The molecule has 2 aromatic heterocycles. The molecule has 5 aromatic rings. The van der Waals surface area contributed by atoms with Gasteiger partial charge in [-0.25, -0.2) is 31.9 Å². The number of hydrogen-bond acceptors (Lipinski definition) is 6. The van der Waals surface area contributed by atoms with Gasteiger partial charge in [0.1, 0.15) is 11.5 Å². The van der Waals surface area contributed by atoms with E-state index in [-0.39, 0.29) is 53.2 Å². The van der Waals surface area contributed by atoms with Gasteiger partial charge in [0.05, 0.1) is 36.8 Å². The average molecular weight is 670 g/mol. The van der Waals surface area contributed by atoms with Gasteiger partial charge in [0.15, 0.2) is 23.1 Å². The van der Waals surface area contributed by atoms with Crippen LogP contribution in [0.2, 0.25) is 0 Å². The maximum absolute atomic E-state index is 14.2. The molecule has 0 radical (unpaired) electrons. The SMILES string of the molecule is COc1ccc(Cn2cc(-c3cc(C(F)F)nc(S(=O)CCC(COc4ccc(F)cc4F)c4ccccc4)n3)ccc2=O)cc1F. The molecule has 0 fully saturated rings. The number of aromatic nitrogens is 3. The topological polar surface area (TPSA) is 83.3 Å². The Hall–Kier alpha value is -4.91. The standard InChI is InChI=1S/C34H28F5N3O4S/c1-45-30-10-7-21(15-26(30)36)18-42-19-23(8-12-32(42)43)28-17-29(33(38)39)41-34(40-28)47(44)14-13-24(22-5-3-2-4-6-22)20-46-31-11-9-25(35)16-27(31)37/h2-12,15-17,19,24,33H,13-14,18,20H2,1H3. The molecule has 0 bridgehead atoms. The first kappa shape index (κ1) is 33.5. The minimum Gasteiger partial charge on any atom is -0.494 e. The highest BCUT2D eigenvalue weighted by Gasteiger charge is 2.21. The summed E-state index contributed by atoms with van der Waals surface area (Å²) in [6.07, 6.45) is -1.39. The lowest BCUT2D eigenvalue weighted by Crippen LogP contribution is -2.19. The number of benzene rings is 3. The third kappa shape index (κ3) is 8.47. The van der Waals surface area contributed by atoms with Crippen molar-refractivity contribution >= 4 is 10.8 Å². The average Bonchev–Trinajstić information content (AvgIpc) is 3.06. The van der Waals surface area contributed by atoms with E-state index >= 15 is 0 Å². The van der Waals surface area contributed by atoms with Crippen LogP contribution in [0.25, 0.3) is 11.3 Å². The van der Waals surface area contributed by atoms with Crippen LogP contribution in [0.5, 0.6) is 11.5 Å². The summed E-state index contributed by atoms with van der Waals surface area (Å²) in [4.78, 5) is 20.8. The van der Waals surface area contributed by atoms with Gasteiger partial charge in [-0.3, -0.25) is 9.00 Å². The van der Waals surface area contributed by atoms with Crippen LogP contribution in [0, 0.1) is 17.5 Å². The number of rotatable bonds is 13. The summed E-state index contributed by atoms with van der Waals surface area (Å²) in [6, 6.07) is 19.9. The summed E-state index contributed by atoms with van der Waals surface area (Å²) in [5.41, 5.74) is 0.476. The van der Waals surface area contributed by atoms with Gasteiger partial charge in [0.2, 0.25) is 5.16 Å². The molecule has 0 amide bonds.